The summed E-state index contributed by atoms with van der Waals surface area (Å²) in [5, 5.41) is 11.8. The molecule has 2 N–H and O–H groups in total. The molecule has 2 atom stereocenters. The molecule has 1 aromatic rings. The smallest absolute Gasteiger partial charge is 0.251 e. The van der Waals surface area contributed by atoms with Crippen molar-refractivity contribution in [1.82, 2.24) is 5.32 Å². The third kappa shape index (κ3) is 4.61. The lowest BCUT2D eigenvalue weighted by atomic mass is 10.1. The van der Waals surface area contributed by atoms with E-state index in [9.17, 15) is 4.79 Å². The van der Waals surface area contributed by atoms with E-state index in [-0.39, 0.29) is 12.5 Å². The lowest BCUT2D eigenvalue weighted by Crippen LogP contribution is -2.27. The molecule has 0 spiro atoms. The van der Waals surface area contributed by atoms with Crippen molar-refractivity contribution in [2.45, 2.75) is 45.6 Å². The van der Waals surface area contributed by atoms with Gasteiger partial charge in [0.25, 0.3) is 5.91 Å². The normalized spacial score (nSPS) is 19.6. The highest BCUT2D eigenvalue weighted by Gasteiger charge is 2.37. The second-order valence-electron chi connectivity index (χ2n) is 5.73. The number of hydrogen-bond acceptors (Lipinski definition) is 2. The van der Waals surface area contributed by atoms with E-state index in [2.05, 4.69) is 24.1 Å². The average molecular weight is 285 g/mol. The second-order valence-corrected chi connectivity index (χ2v) is 5.73. The van der Waals surface area contributed by atoms with Crippen molar-refractivity contribution in [2.24, 2.45) is 5.92 Å². The maximum Gasteiger partial charge on any atom is 0.251 e. The number of hydrogen-bond donors (Lipinski definition) is 2. The first-order valence-electron chi connectivity index (χ1n) is 7.66. The molecule has 112 valence electrons. The van der Waals surface area contributed by atoms with Crippen LogP contribution in [0.15, 0.2) is 18.2 Å². The fraction of sp³-hybridized carbons (Fsp3) is 0.500. The number of aliphatic hydroxyl groups is 1. The van der Waals surface area contributed by atoms with E-state index in [1.165, 1.54) is 12.8 Å². The quantitative estimate of drug-likeness (QED) is 0.817. The molecular weight excluding hydrogens is 262 g/mol. The molecular formula is C18H23NO2. The summed E-state index contributed by atoms with van der Waals surface area (Å²) < 4.78 is 0. The van der Waals surface area contributed by atoms with Gasteiger partial charge < -0.3 is 10.4 Å². The maximum absolute atomic E-state index is 12.3. The summed E-state index contributed by atoms with van der Waals surface area (Å²) in [5.41, 5.74) is 2.52. The predicted molar refractivity (Wildman–Crippen MR) is 84.0 cm³/mol. The Labute approximate surface area is 126 Å². The summed E-state index contributed by atoms with van der Waals surface area (Å²) >= 11 is 0. The zero-order chi connectivity index (χ0) is 15.2. The number of nitrogens with one attached hydrogen (secondary N) is 1. The van der Waals surface area contributed by atoms with Crippen LogP contribution in [-0.4, -0.2) is 23.7 Å². The largest absolute Gasteiger partial charge is 0.395 e. The molecule has 2 rings (SSSR count). The van der Waals surface area contributed by atoms with Crippen molar-refractivity contribution >= 4 is 5.91 Å². The summed E-state index contributed by atoms with van der Waals surface area (Å²) in [4.78, 5) is 12.3. The first kappa shape index (κ1) is 15.6. The SMILES string of the molecule is CCCC1CC1NC(=O)c1cc(C)cc(C#CCCO)c1. The van der Waals surface area contributed by atoms with E-state index in [0.717, 1.165) is 17.5 Å². The van der Waals surface area contributed by atoms with Crippen molar-refractivity contribution in [2.75, 3.05) is 6.61 Å². The van der Waals surface area contributed by atoms with Crippen LogP contribution in [0, 0.1) is 24.7 Å². The standard InChI is InChI=1S/C18H23NO2/c1-3-6-15-12-17(15)19-18(21)16-10-13(2)9-14(11-16)7-4-5-8-20/h9-11,15,17,20H,3,5-6,8,12H2,1-2H3,(H,19,21). The minimum absolute atomic E-state index is 0.00693. The molecule has 1 fully saturated rings. The van der Waals surface area contributed by atoms with Crippen molar-refractivity contribution in [3.8, 4) is 11.8 Å². The van der Waals surface area contributed by atoms with Gasteiger partial charge in [0, 0.05) is 23.6 Å². The second kappa shape index (κ2) is 7.28. The predicted octanol–water partition coefficient (Wildman–Crippen LogP) is 2.65. The number of aliphatic hydroxyl groups excluding tert-OH is 1. The molecule has 0 aliphatic heterocycles. The lowest BCUT2D eigenvalue weighted by molar-refractivity contribution is 0.0948. The molecule has 1 amide bonds. The van der Waals surface area contributed by atoms with E-state index >= 15 is 0 Å². The molecule has 1 saturated carbocycles. The van der Waals surface area contributed by atoms with Gasteiger partial charge in [0.15, 0.2) is 0 Å². The fourth-order valence-electron chi connectivity index (χ4n) is 2.57. The zero-order valence-corrected chi connectivity index (χ0v) is 12.8. The Morgan fingerprint density at radius 2 is 2.24 bits per heavy atom. The molecule has 0 aromatic heterocycles. The van der Waals surface area contributed by atoms with Crippen LogP contribution in [0.3, 0.4) is 0 Å². The highest BCUT2D eigenvalue weighted by atomic mass is 16.2. The van der Waals surface area contributed by atoms with E-state index in [4.69, 9.17) is 5.11 Å². The number of rotatable bonds is 5. The summed E-state index contributed by atoms with van der Waals surface area (Å²) in [6, 6.07) is 6.02. The minimum atomic E-state index is -0.00693. The molecule has 0 heterocycles. The zero-order valence-electron chi connectivity index (χ0n) is 12.8. The number of carbonyl (C=O) groups excluding carboxylic acids is 1. The Morgan fingerprint density at radius 3 is 2.95 bits per heavy atom. The van der Waals surface area contributed by atoms with E-state index < -0.39 is 0 Å². The Hall–Kier alpha value is -1.79. The third-order valence-electron chi connectivity index (χ3n) is 3.71. The molecule has 3 nitrogen and oxygen atoms in total. The number of amides is 1. The van der Waals surface area contributed by atoms with E-state index in [1.54, 1.807) is 0 Å². The topological polar surface area (TPSA) is 49.3 Å². The van der Waals surface area contributed by atoms with Crippen LogP contribution in [0.1, 0.15) is 54.1 Å². The van der Waals surface area contributed by atoms with Crippen LogP contribution in [0.25, 0.3) is 0 Å². The summed E-state index contributed by atoms with van der Waals surface area (Å²) in [6.07, 6.45) is 3.92. The summed E-state index contributed by atoms with van der Waals surface area (Å²) in [6.45, 7) is 4.20. The molecule has 0 bridgehead atoms. The van der Waals surface area contributed by atoms with Crippen molar-refractivity contribution in [3.63, 3.8) is 0 Å². The Morgan fingerprint density at radius 1 is 1.43 bits per heavy atom. The van der Waals surface area contributed by atoms with Gasteiger partial charge in [-0.3, -0.25) is 4.79 Å². The first-order chi connectivity index (χ1) is 10.1. The van der Waals surface area contributed by atoms with E-state index in [1.807, 2.05) is 25.1 Å². The number of aryl methyl sites for hydroxylation is 1. The monoisotopic (exact) mass is 285 g/mol. The Bertz CT molecular complexity index is 568. The fourth-order valence-corrected chi connectivity index (χ4v) is 2.57. The van der Waals surface area contributed by atoms with Gasteiger partial charge >= 0.3 is 0 Å². The first-order valence-corrected chi connectivity index (χ1v) is 7.66. The van der Waals surface area contributed by atoms with Crippen LogP contribution in [0.4, 0.5) is 0 Å². The molecule has 0 saturated heterocycles. The minimum Gasteiger partial charge on any atom is -0.395 e. The van der Waals surface area contributed by atoms with Crippen LogP contribution in [0.5, 0.6) is 0 Å². The van der Waals surface area contributed by atoms with Gasteiger partial charge in [-0.25, -0.2) is 0 Å². The molecule has 21 heavy (non-hydrogen) atoms. The van der Waals surface area contributed by atoms with Crippen LogP contribution in [-0.2, 0) is 0 Å². The maximum atomic E-state index is 12.3. The van der Waals surface area contributed by atoms with Gasteiger partial charge in [0.05, 0.1) is 6.61 Å². The van der Waals surface area contributed by atoms with Gasteiger partial charge in [-0.15, -0.1) is 0 Å². The van der Waals surface area contributed by atoms with Gasteiger partial charge in [-0.2, -0.15) is 0 Å². The Kier molecular flexibility index (Phi) is 5.41. The molecule has 3 heteroatoms. The third-order valence-corrected chi connectivity index (χ3v) is 3.71. The highest BCUT2D eigenvalue weighted by molar-refractivity contribution is 5.95. The highest BCUT2D eigenvalue weighted by Crippen LogP contribution is 2.34. The number of benzene rings is 1. The molecule has 1 aliphatic rings. The summed E-state index contributed by atoms with van der Waals surface area (Å²) in [5.74, 6) is 6.53. The van der Waals surface area contributed by atoms with E-state index in [0.29, 0.717) is 23.9 Å². The van der Waals surface area contributed by atoms with Gasteiger partial charge in [0.1, 0.15) is 0 Å². The van der Waals surface area contributed by atoms with Crippen LogP contribution in [0.2, 0.25) is 0 Å². The Balaban J connectivity index is 2.02. The molecule has 0 radical (unpaired) electrons. The van der Waals surface area contributed by atoms with Crippen molar-refractivity contribution < 1.29 is 9.90 Å². The average Bonchev–Trinajstić information content (AvgIpc) is 3.17. The van der Waals surface area contributed by atoms with Crippen LogP contribution < -0.4 is 5.32 Å². The van der Waals surface area contributed by atoms with Crippen molar-refractivity contribution in [1.29, 1.82) is 0 Å². The molecule has 2 unspecified atom stereocenters. The molecule has 1 aliphatic carbocycles. The lowest BCUT2D eigenvalue weighted by Gasteiger charge is -2.06. The molecule has 1 aromatic carbocycles. The van der Waals surface area contributed by atoms with Gasteiger partial charge in [0.2, 0.25) is 0 Å². The van der Waals surface area contributed by atoms with Crippen LogP contribution >= 0.6 is 0 Å². The number of carbonyl (C=O) groups is 1. The van der Waals surface area contributed by atoms with Gasteiger partial charge in [-0.1, -0.05) is 25.2 Å². The van der Waals surface area contributed by atoms with Crippen molar-refractivity contribution in [3.05, 3.63) is 34.9 Å². The summed E-state index contributed by atoms with van der Waals surface area (Å²) in [7, 11) is 0. The van der Waals surface area contributed by atoms with Gasteiger partial charge in [-0.05, 0) is 49.4 Å².